The molecular weight excluding hydrogens is 283 g/mol. The molecule has 1 fully saturated rings. The maximum atomic E-state index is 13.0. The number of hydrogen-bond acceptors (Lipinski definition) is 2. The van der Waals surface area contributed by atoms with Crippen molar-refractivity contribution in [1.29, 1.82) is 0 Å². The van der Waals surface area contributed by atoms with Crippen molar-refractivity contribution in [2.75, 3.05) is 0 Å². The first-order chi connectivity index (χ1) is 9.56. The lowest BCUT2D eigenvalue weighted by Gasteiger charge is -2.28. The van der Waals surface area contributed by atoms with Gasteiger partial charge in [-0.3, -0.25) is 9.89 Å². The number of halogens is 3. The van der Waals surface area contributed by atoms with Gasteiger partial charge in [0.1, 0.15) is 11.7 Å². The molecule has 2 rings (SSSR count). The second kappa shape index (κ2) is 5.35. The Hall–Kier alpha value is -1.53. The van der Waals surface area contributed by atoms with Crippen molar-refractivity contribution in [3.63, 3.8) is 0 Å². The first-order valence-corrected chi connectivity index (χ1v) is 6.99. The van der Waals surface area contributed by atoms with Crippen LogP contribution in [0.15, 0.2) is 6.07 Å². The molecule has 0 bridgehead atoms. The van der Waals surface area contributed by atoms with Crippen LogP contribution in [0, 0.1) is 5.41 Å². The largest absolute Gasteiger partial charge is 0.408 e. The van der Waals surface area contributed by atoms with E-state index >= 15 is 0 Å². The van der Waals surface area contributed by atoms with Gasteiger partial charge >= 0.3 is 6.18 Å². The van der Waals surface area contributed by atoms with E-state index in [-0.39, 0.29) is 12.1 Å². The van der Waals surface area contributed by atoms with Crippen molar-refractivity contribution in [2.24, 2.45) is 5.41 Å². The molecule has 7 heteroatoms. The summed E-state index contributed by atoms with van der Waals surface area (Å²) in [5.41, 5.74) is 0.290. The number of H-pyrrole nitrogens is 1. The van der Waals surface area contributed by atoms with Crippen LogP contribution < -0.4 is 5.32 Å². The van der Waals surface area contributed by atoms with Crippen molar-refractivity contribution in [3.05, 3.63) is 17.5 Å². The molecule has 1 aromatic heterocycles. The monoisotopic (exact) mass is 303 g/mol. The summed E-state index contributed by atoms with van der Waals surface area (Å²) < 4.78 is 39.1. The van der Waals surface area contributed by atoms with E-state index < -0.39 is 23.5 Å². The molecule has 118 valence electrons. The van der Waals surface area contributed by atoms with E-state index in [1.54, 1.807) is 20.8 Å². The lowest BCUT2D eigenvalue weighted by atomic mass is 9.88. The van der Waals surface area contributed by atoms with Crippen LogP contribution in [0.1, 0.15) is 62.1 Å². The molecule has 2 N–H and O–H groups in total. The normalized spacial score (nSPS) is 17.6. The highest BCUT2D eigenvalue weighted by Crippen LogP contribution is 2.39. The topological polar surface area (TPSA) is 57.8 Å². The van der Waals surface area contributed by atoms with Crippen molar-refractivity contribution in [1.82, 2.24) is 15.5 Å². The number of alkyl halides is 3. The number of carbonyl (C=O) groups excluding carboxylic acids is 1. The summed E-state index contributed by atoms with van der Waals surface area (Å²) in [6.45, 7) is 5.12. The van der Waals surface area contributed by atoms with Gasteiger partial charge in [-0.05, 0) is 30.7 Å². The third-order valence-electron chi connectivity index (χ3n) is 3.36. The number of aromatic nitrogens is 2. The van der Waals surface area contributed by atoms with E-state index in [9.17, 15) is 18.0 Å². The zero-order valence-corrected chi connectivity index (χ0v) is 12.3. The minimum absolute atomic E-state index is 0.0139. The van der Waals surface area contributed by atoms with Gasteiger partial charge in [-0.1, -0.05) is 20.8 Å². The molecule has 1 aromatic rings. The number of carbonyl (C=O) groups is 1. The summed E-state index contributed by atoms with van der Waals surface area (Å²) in [5.74, 6) is -0.420. The summed E-state index contributed by atoms with van der Waals surface area (Å²) >= 11 is 0. The summed E-state index contributed by atoms with van der Waals surface area (Å²) in [5, 5.41) is 8.58. The van der Waals surface area contributed by atoms with Gasteiger partial charge in [0, 0.05) is 11.6 Å². The first-order valence-electron chi connectivity index (χ1n) is 6.99. The molecule has 1 atom stereocenters. The second-order valence-electron chi connectivity index (χ2n) is 6.82. The van der Waals surface area contributed by atoms with Gasteiger partial charge in [-0.15, -0.1) is 0 Å². The van der Waals surface area contributed by atoms with E-state index in [1.165, 1.54) is 6.07 Å². The van der Waals surface area contributed by atoms with Gasteiger partial charge in [-0.25, -0.2) is 0 Å². The molecule has 1 heterocycles. The molecule has 1 amide bonds. The highest BCUT2D eigenvalue weighted by Gasteiger charge is 2.43. The highest BCUT2D eigenvalue weighted by atomic mass is 19.4. The third kappa shape index (κ3) is 4.47. The molecule has 1 aliphatic carbocycles. The minimum atomic E-state index is -4.47. The van der Waals surface area contributed by atoms with E-state index in [1.807, 2.05) is 0 Å². The smallest absolute Gasteiger partial charge is 0.339 e. The molecule has 0 aromatic carbocycles. The summed E-state index contributed by atoms with van der Waals surface area (Å²) in [4.78, 5) is 12.0. The Bertz CT molecular complexity index is 512. The molecule has 1 unspecified atom stereocenters. The van der Waals surface area contributed by atoms with E-state index in [2.05, 4.69) is 15.5 Å². The van der Waals surface area contributed by atoms with Crippen LogP contribution in [-0.2, 0) is 0 Å². The molecule has 0 radical (unpaired) electrons. The van der Waals surface area contributed by atoms with Crippen LogP contribution in [0.3, 0.4) is 0 Å². The molecular formula is C14H20F3N3O. The number of hydrogen-bond donors (Lipinski definition) is 2. The average Bonchev–Trinajstić information content (AvgIpc) is 3.03. The van der Waals surface area contributed by atoms with Crippen molar-refractivity contribution >= 4 is 5.91 Å². The fourth-order valence-corrected chi connectivity index (χ4v) is 2.15. The number of nitrogens with one attached hydrogen (secondary N) is 2. The van der Waals surface area contributed by atoms with Crippen molar-refractivity contribution in [2.45, 2.75) is 58.2 Å². The summed E-state index contributed by atoms with van der Waals surface area (Å²) in [6.07, 6.45) is -2.60. The van der Waals surface area contributed by atoms with Crippen LogP contribution in [0.5, 0.6) is 0 Å². The predicted octanol–water partition coefficient (Wildman–Crippen LogP) is 3.38. The molecule has 0 aliphatic heterocycles. The Kier molecular flexibility index (Phi) is 4.04. The SMILES string of the molecule is CC(C)(C)CC(NC(=O)c1cc(C2CC2)[nH]n1)C(F)(F)F. The fourth-order valence-electron chi connectivity index (χ4n) is 2.15. The molecule has 0 spiro atoms. The van der Waals surface area contributed by atoms with Crippen LogP contribution in [0.2, 0.25) is 0 Å². The van der Waals surface area contributed by atoms with Crippen LogP contribution >= 0.6 is 0 Å². The van der Waals surface area contributed by atoms with E-state index in [0.717, 1.165) is 18.5 Å². The van der Waals surface area contributed by atoms with Crippen LogP contribution in [-0.4, -0.2) is 28.3 Å². The second-order valence-corrected chi connectivity index (χ2v) is 6.82. The van der Waals surface area contributed by atoms with E-state index in [0.29, 0.717) is 5.92 Å². The predicted molar refractivity (Wildman–Crippen MR) is 71.9 cm³/mol. The van der Waals surface area contributed by atoms with Crippen molar-refractivity contribution < 1.29 is 18.0 Å². The van der Waals surface area contributed by atoms with Gasteiger partial charge < -0.3 is 5.32 Å². The molecule has 4 nitrogen and oxygen atoms in total. The maximum absolute atomic E-state index is 13.0. The average molecular weight is 303 g/mol. The van der Waals surface area contributed by atoms with Gasteiger partial charge in [0.25, 0.3) is 5.91 Å². The molecule has 21 heavy (non-hydrogen) atoms. The third-order valence-corrected chi connectivity index (χ3v) is 3.36. The summed E-state index contributed by atoms with van der Waals surface area (Å²) in [7, 11) is 0. The standard InChI is InChI=1S/C14H20F3N3O/c1-13(2,3)7-11(14(15,16)17)18-12(21)10-6-9(19-20-10)8-4-5-8/h6,8,11H,4-5,7H2,1-3H3,(H,18,21)(H,19,20). The van der Waals surface area contributed by atoms with Crippen LogP contribution in [0.25, 0.3) is 0 Å². The number of aromatic amines is 1. The van der Waals surface area contributed by atoms with Gasteiger partial charge in [0.2, 0.25) is 0 Å². The number of amides is 1. The summed E-state index contributed by atoms with van der Waals surface area (Å²) in [6, 6.07) is -0.330. The minimum Gasteiger partial charge on any atom is -0.339 e. The fraction of sp³-hybridized carbons (Fsp3) is 0.714. The van der Waals surface area contributed by atoms with E-state index in [4.69, 9.17) is 0 Å². The Morgan fingerprint density at radius 1 is 1.43 bits per heavy atom. The number of nitrogens with zero attached hydrogens (tertiary/aromatic N) is 1. The maximum Gasteiger partial charge on any atom is 0.408 e. The lowest BCUT2D eigenvalue weighted by Crippen LogP contribution is -2.47. The highest BCUT2D eigenvalue weighted by molar-refractivity contribution is 5.92. The Labute approximate surface area is 121 Å². The van der Waals surface area contributed by atoms with Crippen molar-refractivity contribution in [3.8, 4) is 0 Å². The van der Waals surface area contributed by atoms with Gasteiger partial charge in [-0.2, -0.15) is 18.3 Å². The zero-order chi connectivity index (χ0) is 15.8. The molecule has 1 aliphatic rings. The Morgan fingerprint density at radius 2 is 2.05 bits per heavy atom. The number of rotatable bonds is 4. The van der Waals surface area contributed by atoms with Gasteiger partial charge in [0.15, 0.2) is 0 Å². The van der Waals surface area contributed by atoms with Crippen LogP contribution in [0.4, 0.5) is 13.2 Å². The molecule has 0 saturated heterocycles. The first kappa shape index (κ1) is 15.9. The Morgan fingerprint density at radius 3 is 2.52 bits per heavy atom. The van der Waals surface area contributed by atoms with Gasteiger partial charge in [0.05, 0.1) is 0 Å². The Balaban J connectivity index is 2.05. The quantitative estimate of drug-likeness (QED) is 0.896. The lowest BCUT2D eigenvalue weighted by molar-refractivity contribution is -0.159. The molecule has 1 saturated carbocycles. The zero-order valence-electron chi connectivity index (χ0n) is 12.3.